The van der Waals surface area contributed by atoms with Gasteiger partial charge in [-0.1, -0.05) is 18.2 Å². The molecule has 0 radical (unpaired) electrons. The Labute approximate surface area is 103 Å². The topological polar surface area (TPSA) is 29.5 Å². The third-order valence-corrected chi connectivity index (χ3v) is 2.16. The van der Waals surface area contributed by atoms with E-state index in [-0.39, 0.29) is 13.2 Å². The van der Waals surface area contributed by atoms with Crippen LogP contribution in [0.5, 0.6) is 0 Å². The van der Waals surface area contributed by atoms with Crippen LogP contribution in [0.4, 0.5) is 18.9 Å². The van der Waals surface area contributed by atoms with Gasteiger partial charge in [0.25, 0.3) is 0 Å². The minimum absolute atomic E-state index is 0.00308. The standard InChI is InChI=1S/C12H14F3NO2/c1-10(17)18-8-7-16(9-12(13,14)15)11-5-3-2-4-6-11/h2-6H,7-9H2,1H3. The molecule has 0 amide bonds. The first-order valence-electron chi connectivity index (χ1n) is 5.38. The number of rotatable bonds is 5. The summed E-state index contributed by atoms with van der Waals surface area (Å²) in [6.07, 6.45) is -4.30. The smallest absolute Gasteiger partial charge is 0.405 e. The molecule has 0 aliphatic carbocycles. The van der Waals surface area contributed by atoms with Gasteiger partial charge in [0.1, 0.15) is 13.2 Å². The zero-order valence-electron chi connectivity index (χ0n) is 9.91. The summed E-state index contributed by atoms with van der Waals surface area (Å²) < 4.78 is 41.9. The van der Waals surface area contributed by atoms with Crippen LogP contribution in [-0.2, 0) is 9.53 Å². The lowest BCUT2D eigenvalue weighted by Crippen LogP contribution is -2.36. The minimum atomic E-state index is -4.30. The fourth-order valence-corrected chi connectivity index (χ4v) is 1.45. The van der Waals surface area contributed by atoms with Gasteiger partial charge in [0.2, 0.25) is 0 Å². The van der Waals surface area contributed by atoms with Gasteiger partial charge in [-0.15, -0.1) is 0 Å². The first-order chi connectivity index (χ1) is 8.38. The monoisotopic (exact) mass is 261 g/mol. The molecule has 0 aliphatic rings. The molecule has 18 heavy (non-hydrogen) atoms. The van der Waals surface area contributed by atoms with E-state index in [9.17, 15) is 18.0 Å². The number of nitrogens with zero attached hydrogens (tertiary/aromatic N) is 1. The van der Waals surface area contributed by atoms with Gasteiger partial charge < -0.3 is 9.64 Å². The first-order valence-corrected chi connectivity index (χ1v) is 5.38. The molecule has 0 saturated heterocycles. The Balaban J connectivity index is 2.67. The molecule has 0 spiro atoms. The summed E-state index contributed by atoms with van der Waals surface area (Å²) in [5.41, 5.74) is 0.446. The lowest BCUT2D eigenvalue weighted by Gasteiger charge is -2.25. The van der Waals surface area contributed by atoms with E-state index in [1.807, 2.05) is 0 Å². The molecule has 6 heteroatoms. The number of hydrogen-bond acceptors (Lipinski definition) is 3. The van der Waals surface area contributed by atoms with Crippen LogP contribution in [-0.4, -0.2) is 31.8 Å². The van der Waals surface area contributed by atoms with Crippen LogP contribution in [0.1, 0.15) is 6.92 Å². The summed E-state index contributed by atoms with van der Waals surface area (Å²) in [6.45, 7) is 0.0817. The Morgan fingerprint density at radius 1 is 1.28 bits per heavy atom. The van der Waals surface area contributed by atoms with Crippen LogP contribution in [0.15, 0.2) is 30.3 Å². The molecule has 100 valence electrons. The van der Waals surface area contributed by atoms with Crippen LogP contribution >= 0.6 is 0 Å². The molecule has 0 saturated carbocycles. The second kappa shape index (κ2) is 6.28. The zero-order chi connectivity index (χ0) is 13.6. The van der Waals surface area contributed by atoms with Gasteiger partial charge in [-0.05, 0) is 12.1 Å². The lowest BCUT2D eigenvalue weighted by atomic mass is 10.3. The molecule has 0 N–H and O–H groups in total. The fourth-order valence-electron chi connectivity index (χ4n) is 1.45. The number of esters is 1. The molecule has 1 rings (SSSR count). The van der Waals surface area contributed by atoms with E-state index in [1.165, 1.54) is 6.92 Å². The predicted molar refractivity (Wildman–Crippen MR) is 61.3 cm³/mol. The Hall–Kier alpha value is -1.72. The van der Waals surface area contributed by atoms with Crippen molar-refractivity contribution in [2.45, 2.75) is 13.1 Å². The molecule has 1 aromatic rings. The van der Waals surface area contributed by atoms with Crippen LogP contribution in [0.25, 0.3) is 0 Å². The van der Waals surface area contributed by atoms with Crippen molar-refractivity contribution in [3.05, 3.63) is 30.3 Å². The summed E-state index contributed by atoms with van der Waals surface area (Å²) in [5, 5.41) is 0. The number of hydrogen-bond donors (Lipinski definition) is 0. The van der Waals surface area contributed by atoms with Crippen LogP contribution in [0, 0.1) is 0 Å². The van der Waals surface area contributed by atoms with E-state index in [0.29, 0.717) is 5.69 Å². The summed E-state index contributed by atoms with van der Waals surface area (Å²) in [5.74, 6) is -0.505. The summed E-state index contributed by atoms with van der Waals surface area (Å²) >= 11 is 0. The van der Waals surface area contributed by atoms with Gasteiger partial charge in [0.15, 0.2) is 0 Å². The number of alkyl halides is 3. The zero-order valence-corrected chi connectivity index (χ0v) is 9.91. The number of anilines is 1. The van der Waals surface area contributed by atoms with Crippen molar-refractivity contribution in [3.63, 3.8) is 0 Å². The highest BCUT2D eigenvalue weighted by Crippen LogP contribution is 2.21. The van der Waals surface area contributed by atoms with Crippen molar-refractivity contribution in [1.82, 2.24) is 0 Å². The number of ether oxygens (including phenoxy) is 1. The number of carbonyl (C=O) groups is 1. The quantitative estimate of drug-likeness (QED) is 0.763. The highest BCUT2D eigenvalue weighted by atomic mass is 19.4. The average Bonchev–Trinajstić information content (AvgIpc) is 2.27. The Kier molecular flexibility index (Phi) is 5.00. The summed E-state index contributed by atoms with van der Waals surface area (Å²) in [4.78, 5) is 11.7. The number of para-hydroxylation sites is 1. The first kappa shape index (κ1) is 14.3. The Bertz CT molecular complexity index is 379. The van der Waals surface area contributed by atoms with Crippen molar-refractivity contribution < 1.29 is 22.7 Å². The minimum Gasteiger partial charge on any atom is -0.464 e. The fraction of sp³-hybridized carbons (Fsp3) is 0.417. The number of halogens is 3. The third-order valence-electron chi connectivity index (χ3n) is 2.16. The normalized spacial score (nSPS) is 11.1. The molecular formula is C12H14F3NO2. The number of carbonyl (C=O) groups excluding carboxylic acids is 1. The van der Waals surface area contributed by atoms with E-state index in [0.717, 1.165) is 4.90 Å². The van der Waals surface area contributed by atoms with E-state index < -0.39 is 18.7 Å². The van der Waals surface area contributed by atoms with Crippen LogP contribution in [0.2, 0.25) is 0 Å². The van der Waals surface area contributed by atoms with Crippen molar-refractivity contribution >= 4 is 11.7 Å². The van der Waals surface area contributed by atoms with Gasteiger partial charge in [-0.25, -0.2) is 0 Å². The largest absolute Gasteiger partial charge is 0.464 e. The van der Waals surface area contributed by atoms with E-state index >= 15 is 0 Å². The van der Waals surface area contributed by atoms with E-state index in [1.54, 1.807) is 30.3 Å². The van der Waals surface area contributed by atoms with E-state index in [2.05, 4.69) is 4.74 Å². The third kappa shape index (κ3) is 5.56. The van der Waals surface area contributed by atoms with Crippen LogP contribution in [0.3, 0.4) is 0 Å². The molecule has 1 aromatic carbocycles. The maximum atomic E-state index is 12.4. The average molecular weight is 261 g/mol. The van der Waals surface area contributed by atoms with Crippen LogP contribution < -0.4 is 4.90 Å². The highest BCUT2D eigenvalue weighted by molar-refractivity contribution is 5.65. The molecule has 0 bridgehead atoms. The van der Waals surface area contributed by atoms with Crippen molar-refractivity contribution in [2.75, 3.05) is 24.6 Å². The maximum absolute atomic E-state index is 12.4. The van der Waals surface area contributed by atoms with Crippen molar-refractivity contribution in [2.24, 2.45) is 0 Å². The van der Waals surface area contributed by atoms with Gasteiger partial charge >= 0.3 is 12.1 Å². The summed E-state index contributed by atoms with van der Waals surface area (Å²) in [7, 11) is 0. The van der Waals surface area contributed by atoms with Gasteiger partial charge in [-0.2, -0.15) is 13.2 Å². The number of benzene rings is 1. The van der Waals surface area contributed by atoms with E-state index in [4.69, 9.17) is 0 Å². The molecule has 0 heterocycles. The van der Waals surface area contributed by atoms with Crippen molar-refractivity contribution in [3.8, 4) is 0 Å². The second-order valence-corrected chi connectivity index (χ2v) is 3.71. The molecular weight excluding hydrogens is 247 g/mol. The maximum Gasteiger partial charge on any atom is 0.405 e. The SMILES string of the molecule is CC(=O)OCCN(CC(F)(F)F)c1ccccc1. The Morgan fingerprint density at radius 3 is 2.39 bits per heavy atom. The molecule has 0 aromatic heterocycles. The van der Waals surface area contributed by atoms with Gasteiger partial charge in [0.05, 0.1) is 6.54 Å². The second-order valence-electron chi connectivity index (χ2n) is 3.71. The van der Waals surface area contributed by atoms with Gasteiger partial charge in [0, 0.05) is 12.6 Å². The predicted octanol–water partition coefficient (Wildman–Crippen LogP) is 2.62. The highest BCUT2D eigenvalue weighted by Gasteiger charge is 2.30. The van der Waals surface area contributed by atoms with Gasteiger partial charge in [-0.3, -0.25) is 4.79 Å². The molecule has 0 fully saturated rings. The molecule has 3 nitrogen and oxygen atoms in total. The van der Waals surface area contributed by atoms with Crippen molar-refractivity contribution in [1.29, 1.82) is 0 Å². The lowest BCUT2D eigenvalue weighted by molar-refractivity contribution is -0.140. The Morgan fingerprint density at radius 2 is 1.89 bits per heavy atom. The molecule has 0 aliphatic heterocycles. The molecule has 0 atom stereocenters. The molecule has 0 unspecified atom stereocenters. The summed E-state index contributed by atoms with van der Waals surface area (Å²) in [6, 6.07) is 8.20.